The number of amides is 1. The highest BCUT2D eigenvalue weighted by molar-refractivity contribution is 7.17. The standard InChI is InChI=1S/C19H13N3O3S/c1-21-16-11-8-12-4-2-3-5-15(12)17(16)26-19(21)20-18(23)13-6-9-14(10-7-13)22(24)25/h2-11H,1H3. The molecule has 0 saturated heterocycles. The van der Waals surface area contributed by atoms with Crippen molar-refractivity contribution in [3.8, 4) is 0 Å². The highest BCUT2D eigenvalue weighted by Crippen LogP contribution is 2.27. The molecule has 0 radical (unpaired) electrons. The summed E-state index contributed by atoms with van der Waals surface area (Å²) in [6, 6.07) is 17.6. The van der Waals surface area contributed by atoms with E-state index < -0.39 is 10.8 Å². The molecule has 26 heavy (non-hydrogen) atoms. The third-order valence-corrected chi connectivity index (χ3v) is 5.40. The van der Waals surface area contributed by atoms with E-state index in [0.717, 1.165) is 21.0 Å². The van der Waals surface area contributed by atoms with Crippen LogP contribution in [0.5, 0.6) is 0 Å². The number of carbonyl (C=O) groups excluding carboxylic acids is 1. The number of rotatable bonds is 2. The van der Waals surface area contributed by atoms with Gasteiger partial charge in [0, 0.05) is 30.1 Å². The molecule has 128 valence electrons. The summed E-state index contributed by atoms with van der Waals surface area (Å²) in [5.41, 5.74) is 1.27. The smallest absolute Gasteiger partial charge is 0.279 e. The summed E-state index contributed by atoms with van der Waals surface area (Å²) in [6.45, 7) is 0. The molecule has 1 heterocycles. The van der Waals surface area contributed by atoms with Gasteiger partial charge in [-0.2, -0.15) is 4.99 Å². The Labute approximate surface area is 151 Å². The van der Waals surface area contributed by atoms with Gasteiger partial charge in [-0.1, -0.05) is 41.7 Å². The lowest BCUT2D eigenvalue weighted by atomic mass is 10.1. The molecule has 0 N–H and O–H groups in total. The fraction of sp³-hybridized carbons (Fsp3) is 0.0526. The van der Waals surface area contributed by atoms with Gasteiger partial charge in [0.05, 0.1) is 15.1 Å². The van der Waals surface area contributed by atoms with Crippen LogP contribution in [-0.4, -0.2) is 15.4 Å². The highest BCUT2D eigenvalue weighted by Gasteiger charge is 2.11. The Morgan fingerprint density at radius 3 is 2.54 bits per heavy atom. The molecule has 0 atom stereocenters. The monoisotopic (exact) mass is 363 g/mol. The first kappa shape index (κ1) is 16.2. The van der Waals surface area contributed by atoms with Crippen LogP contribution in [0.15, 0.2) is 65.7 Å². The molecule has 0 bridgehead atoms. The van der Waals surface area contributed by atoms with E-state index in [9.17, 15) is 14.9 Å². The fourth-order valence-corrected chi connectivity index (χ4v) is 3.99. The number of nitrogens with zero attached hydrogens (tertiary/aromatic N) is 3. The lowest BCUT2D eigenvalue weighted by Crippen LogP contribution is -2.13. The second-order valence-corrected chi connectivity index (χ2v) is 6.78. The first-order valence-corrected chi connectivity index (χ1v) is 8.67. The Hall–Kier alpha value is -3.32. The normalized spacial score (nSPS) is 12.0. The molecule has 0 aliphatic carbocycles. The number of benzene rings is 3. The van der Waals surface area contributed by atoms with Crippen molar-refractivity contribution in [1.82, 2.24) is 4.57 Å². The Balaban J connectivity index is 1.82. The van der Waals surface area contributed by atoms with Crippen molar-refractivity contribution in [3.05, 3.63) is 81.1 Å². The first-order chi connectivity index (χ1) is 12.5. The minimum atomic E-state index is -0.498. The first-order valence-electron chi connectivity index (χ1n) is 7.85. The van der Waals surface area contributed by atoms with E-state index in [0.29, 0.717) is 10.4 Å². The number of hydrogen-bond donors (Lipinski definition) is 0. The summed E-state index contributed by atoms with van der Waals surface area (Å²) < 4.78 is 2.95. The number of carbonyl (C=O) groups is 1. The minimum Gasteiger partial charge on any atom is -0.319 e. The van der Waals surface area contributed by atoms with Gasteiger partial charge in [-0.25, -0.2) is 0 Å². The van der Waals surface area contributed by atoms with Gasteiger partial charge in [0.1, 0.15) is 0 Å². The Morgan fingerprint density at radius 1 is 1.08 bits per heavy atom. The van der Waals surface area contributed by atoms with E-state index in [4.69, 9.17) is 0 Å². The predicted molar refractivity (Wildman–Crippen MR) is 101 cm³/mol. The number of hydrogen-bond acceptors (Lipinski definition) is 4. The molecule has 0 unspecified atom stereocenters. The number of aromatic nitrogens is 1. The maximum absolute atomic E-state index is 12.4. The fourth-order valence-electron chi connectivity index (χ4n) is 2.84. The SMILES string of the molecule is Cn1c(=NC(=O)c2ccc([N+](=O)[O-])cc2)sc2c3ccccc3ccc21. The molecule has 1 aromatic heterocycles. The van der Waals surface area contributed by atoms with E-state index in [1.165, 1.54) is 35.6 Å². The number of nitro groups is 1. The molecule has 0 fully saturated rings. The molecule has 0 aliphatic rings. The Bertz CT molecular complexity index is 1240. The summed E-state index contributed by atoms with van der Waals surface area (Å²) in [7, 11) is 1.87. The van der Waals surface area contributed by atoms with Crippen LogP contribution in [0.1, 0.15) is 10.4 Å². The summed E-state index contributed by atoms with van der Waals surface area (Å²) >= 11 is 1.45. The average Bonchev–Trinajstić information content (AvgIpc) is 2.98. The molecule has 1 amide bonds. The van der Waals surface area contributed by atoms with Crippen molar-refractivity contribution in [2.45, 2.75) is 0 Å². The van der Waals surface area contributed by atoms with Crippen LogP contribution in [-0.2, 0) is 7.05 Å². The van der Waals surface area contributed by atoms with Crippen molar-refractivity contribution in [2.75, 3.05) is 0 Å². The molecule has 0 spiro atoms. The van der Waals surface area contributed by atoms with Gasteiger partial charge in [-0.3, -0.25) is 14.9 Å². The maximum Gasteiger partial charge on any atom is 0.279 e. The zero-order valence-corrected chi connectivity index (χ0v) is 14.6. The molecule has 6 nitrogen and oxygen atoms in total. The van der Waals surface area contributed by atoms with Crippen LogP contribution in [0, 0.1) is 10.1 Å². The van der Waals surface area contributed by atoms with Crippen molar-refractivity contribution < 1.29 is 9.72 Å². The van der Waals surface area contributed by atoms with Crippen molar-refractivity contribution in [1.29, 1.82) is 0 Å². The van der Waals surface area contributed by atoms with Crippen LogP contribution in [0.3, 0.4) is 0 Å². The molecular weight excluding hydrogens is 350 g/mol. The number of non-ortho nitro benzene ring substituents is 1. The molecular formula is C19H13N3O3S. The number of fused-ring (bicyclic) bond motifs is 3. The maximum atomic E-state index is 12.4. The number of thiazole rings is 1. The Kier molecular flexibility index (Phi) is 3.85. The van der Waals surface area contributed by atoms with Crippen LogP contribution < -0.4 is 4.80 Å². The van der Waals surface area contributed by atoms with E-state index >= 15 is 0 Å². The second-order valence-electron chi connectivity index (χ2n) is 5.80. The lowest BCUT2D eigenvalue weighted by Gasteiger charge is -1.99. The molecule has 7 heteroatoms. The summed E-state index contributed by atoms with van der Waals surface area (Å²) in [4.78, 5) is 27.5. The quantitative estimate of drug-likeness (QED) is 0.398. The molecule has 4 aromatic rings. The predicted octanol–water partition coefficient (Wildman–Crippen LogP) is 4.04. The van der Waals surface area contributed by atoms with E-state index in [-0.39, 0.29) is 5.69 Å². The lowest BCUT2D eigenvalue weighted by molar-refractivity contribution is -0.384. The third kappa shape index (κ3) is 2.68. The van der Waals surface area contributed by atoms with Crippen LogP contribution >= 0.6 is 11.3 Å². The third-order valence-electron chi connectivity index (χ3n) is 4.22. The van der Waals surface area contributed by atoms with Gasteiger partial charge in [-0.15, -0.1) is 0 Å². The average molecular weight is 363 g/mol. The van der Waals surface area contributed by atoms with Crippen LogP contribution in [0.25, 0.3) is 21.0 Å². The Morgan fingerprint density at radius 2 is 1.81 bits per heavy atom. The van der Waals surface area contributed by atoms with Gasteiger partial charge in [-0.05, 0) is 23.6 Å². The van der Waals surface area contributed by atoms with Gasteiger partial charge in [0.2, 0.25) is 0 Å². The van der Waals surface area contributed by atoms with Crippen molar-refractivity contribution in [3.63, 3.8) is 0 Å². The summed E-state index contributed by atoms with van der Waals surface area (Å²) in [5, 5.41) is 13.0. The molecule has 4 rings (SSSR count). The van der Waals surface area contributed by atoms with Gasteiger partial charge in [0.25, 0.3) is 11.6 Å². The van der Waals surface area contributed by atoms with Crippen LogP contribution in [0.2, 0.25) is 0 Å². The molecule has 0 saturated carbocycles. The van der Waals surface area contributed by atoms with E-state index in [1.807, 2.05) is 41.9 Å². The number of aryl methyl sites for hydroxylation is 1. The largest absolute Gasteiger partial charge is 0.319 e. The number of nitro benzene ring substituents is 1. The summed E-state index contributed by atoms with van der Waals surface area (Å²) in [5.74, 6) is -0.425. The highest BCUT2D eigenvalue weighted by atomic mass is 32.1. The molecule has 3 aromatic carbocycles. The van der Waals surface area contributed by atoms with Gasteiger partial charge in [0.15, 0.2) is 4.80 Å². The van der Waals surface area contributed by atoms with Crippen molar-refractivity contribution >= 4 is 43.9 Å². The minimum absolute atomic E-state index is 0.0552. The van der Waals surface area contributed by atoms with Gasteiger partial charge < -0.3 is 4.57 Å². The van der Waals surface area contributed by atoms with E-state index in [2.05, 4.69) is 11.1 Å². The zero-order valence-electron chi connectivity index (χ0n) is 13.7. The van der Waals surface area contributed by atoms with Gasteiger partial charge >= 0.3 is 0 Å². The summed E-state index contributed by atoms with van der Waals surface area (Å²) in [6.07, 6.45) is 0. The van der Waals surface area contributed by atoms with Crippen molar-refractivity contribution in [2.24, 2.45) is 12.0 Å². The van der Waals surface area contributed by atoms with Crippen LogP contribution in [0.4, 0.5) is 5.69 Å². The van der Waals surface area contributed by atoms with E-state index in [1.54, 1.807) is 0 Å². The zero-order chi connectivity index (χ0) is 18.3. The molecule has 0 aliphatic heterocycles. The second kappa shape index (κ2) is 6.20. The topological polar surface area (TPSA) is 77.5 Å².